The van der Waals surface area contributed by atoms with E-state index in [9.17, 15) is 0 Å². The molecule has 0 aliphatic heterocycles. The first-order chi connectivity index (χ1) is 4.54. The van der Waals surface area contributed by atoms with Crippen molar-refractivity contribution in [3.63, 3.8) is 0 Å². The summed E-state index contributed by atoms with van der Waals surface area (Å²) in [7, 11) is 0. The Morgan fingerprint density at radius 1 is 1.60 bits per heavy atom. The highest BCUT2D eigenvalue weighted by molar-refractivity contribution is 7.82. The maximum absolute atomic E-state index is 4.57. The summed E-state index contributed by atoms with van der Waals surface area (Å²) >= 11 is 4.57. The van der Waals surface area contributed by atoms with Gasteiger partial charge in [-0.25, -0.2) is 0 Å². The van der Waals surface area contributed by atoms with Gasteiger partial charge in [-0.3, -0.25) is 0 Å². The number of hydrogen-bond donors (Lipinski definition) is 1. The molecule has 0 aromatic carbocycles. The number of allylic oxidation sites excluding steroid dienone is 1. The van der Waals surface area contributed by atoms with Gasteiger partial charge in [0.25, 0.3) is 0 Å². The molecule has 0 radical (unpaired) electrons. The van der Waals surface area contributed by atoms with Crippen LogP contribution in [-0.2, 0) is 0 Å². The summed E-state index contributed by atoms with van der Waals surface area (Å²) in [6.45, 7) is 8.58. The predicted octanol–water partition coefficient (Wildman–Crippen LogP) is 3.44. The molecule has 0 aliphatic rings. The van der Waals surface area contributed by atoms with E-state index in [4.69, 9.17) is 0 Å². The third-order valence-electron chi connectivity index (χ3n) is 2.02. The Hall–Kier alpha value is 0.0900. The van der Waals surface area contributed by atoms with E-state index in [1.165, 1.54) is 12.0 Å². The van der Waals surface area contributed by atoms with Crippen LogP contribution in [0.1, 0.15) is 40.5 Å². The van der Waals surface area contributed by atoms with Crippen LogP contribution in [0.4, 0.5) is 0 Å². The normalized spacial score (nSPS) is 18.7. The third-order valence-corrected chi connectivity index (χ3v) is 2.60. The molecular weight excluding hydrogens is 140 g/mol. The Balaban J connectivity index is 4.10. The van der Waals surface area contributed by atoms with Crippen molar-refractivity contribution in [3.8, 4) is 0 Å². The molecule has 0 saturated carbocycles. The average molecular weight is 158 g/mol. The van der Waals surface area contributed by atoms with E-state index in [1.54, 1.807) is 0 Å². The van der Waals surface area contributed by atoms with E-state index in [0.29, 0.717) is 0 Å². The van der Waals surface area contributed by atoms with Crippen molar-refractivity contribution in [2.24, 2.45) is 0 Å². The van der Waals surface area contributed by atoms with Crippen molar-refractivity contribution in [1.29, 1.82) is 0 Å². The Morgan fingerprint density at radius 2 is 2.10 bits per heavy atom. The number of thiol groups is 1. The van der Waals surface area contributed by atoms with Crippen LogP contribution in [0, 0.1) is 0 Å². The van der Waals surface area contributed by atoms with Crippen LogP contribution in [0.2, 0.25) is 0 Å². The molecule has 0 rings (SSSR count). The van der Waals surface area contributed by atoms with Gasteiger partial charge in [-0.2, -0.15) is 12.6 Å². The van der Waals surface area contributed by atoms with Gasteiger partial charge in [0.15, 0.2) is 0 Å². The molecule has 0 fully saturated rings. The molecule has 1 unspecified atom stereocenters. The molecule has 0 aliphatic carbocycles. The molecule has 1 heteroatoms. The van der Waals surface area contributed by atoms with Crippen LogP contribution in [0.15, 0.2) is 11.6 Å². The van der Waals surface area contributed by atoms with Crippen molar-refractivity contribution < 1.29 is 0 Å². The SMILES string of the molecule is CC=C(C)C(C)(S)CCC. The monoisotopic (exact) mass is 158 g/mol. The zero-order valence-electron chi connectivity index (χ0n) is 7.44. The minimum Gasteiger partial charge on any atom is -0.168 e. The largest absolute Gasteiger partial charge is 0.168 e. The standard InChI is InChI=1S/C9H18S/c1-5-7-9(4,10)8(3)6-2/h6,10H,5,7H2,1-4H3. The molecular formula is C9H18S. The van der Waals surface area contributed by atoms with Gasteiger partial charge >= 0.3 is 0 Å². The van der Waals surface area contributed by atoms with Crippen molar-refractivity contribution >= 4 is 12.6 Å². The lowest BCUT2D eigenvalue weighted by molar-refractivity contribution is 0.653. The van der Waals surface area contributed by atoms with Gasteiger partial charge in [-0.1, -0.05) is 25.0 Å². The smallest absolute Gasteiger partial charge is 0.0306 e. The van der Waals surface area contributed by atoms with E-state index in [-0.39, 0.29) is 4.75 Å². The fraction of sp³-hybridized carbons (Fsp3) is 0.778. The highest BCUT2D eigenvalue weighted by atomic mass is 32.1. The number of rotatable bonds is 3. The van der Waals surface area contributed by atoms with E-state index < -0.39 is 0 Å². The van der Waals surface area contributed by atoms with Crippen LogP contribution in [0.25, 0.3) is 0 Å². The molecule has 0 amide bonds. The maximum atomic E-state index is 4.57. The van der Waals surface area contributed by atoms with E-state index in [1.807, 2.05) is 0 Å². The maximum Gasteiger partial charge on any atom is 0.0306 e. The second-order valence-corrected chi connectivity index (χ2v) is 3.98. The molecule has 60 valence electrons. The molecule has 0 heterocycles. The predicted molar refractivity (Wildman–Crippen MR) is 51.7 cm³/mol. The molecule has 0 spiro atoms. The average Bonchev–Trinajstić information content (AvgIpc) is 1.86. The Labute approximate surface area is 70.1 Å². The zero-order chi connectivity index (χ0) is 8.20. The summed E-state index contributed by atoms with van der Waals surface area (Å²) in [5.74, 6) is 0. The fourth-order valence-corrected chi connectivity index (χ4v) is 1.35. The first kappa shape index (κ1) is 10.1. The quantitative estimate of drug-likeness (QED) is 0.472. The van der Waals surface area contributed by atoms with Crippen LogP contribution in [-0.4, -0.2) is 4.75 Å². The third kappa shape index (κ3) is 2.78. The van der Waals surface area contributed by atoms with Gasteiger partial charge in [0, 0.05) is 4.75 Å². The molecule has 10 heavy (non-hydrogen) atoms. The molecule has 1 atom stereocenters. The minimum absolute atomic E-state index is 0.115. The van der Waals surface area contributed by atoms with Gasteiger partial charge < -0.3 is 0 Å². The Morgan fingerprint density at radius 3 is 2.40 bits per heavy atom. The molecule has 0 bridgehead atoms. The lowest BCUT2D eigenvalue weighted by Crippen LogP contribution is -2.17. The topological polar surface area (TPSA) is 0 Å². The van der Waals surface area contributed by atoms with Crippen molar-refractivity contribution in [3.05, 3.63) is 11.6 Å². The number of hydrogen-bond acceptors (Lipinski definition) is 1. The zero-order valence-corrected chi connectivity index (χ0v) is 8.33. The molecule has 0 saturated heterocycles. The van der Waals surface area contributed by atoms with E-state index in [2.05, 4.69) is 46.4 Å². The second-order valence-electron chi connectivity index (χ2n) is 3.00. The molecule has 0 N–H and O–H groups in total. The van der Waals surface area contributed by atoms with Gasteiger partial charge in [0.2, 0.25) is 0 Å². The van der Waals surface area contributed by atoms with Gasteiger partial charge in [-0.15, -0.1) is 0 Å². The first-order valence-corrected chi connectivity index (χ1v) is 4.35. The van der Waals surface area contributed by atoms with Crippen LogP contribution >= 0.6 is 12.6 Å². The first-order valence-electron chi connectivity index (χ1n) is 3.90. The summed E-state index contributed by atoms with van der Waals surface area (Å²) in [5.41, 5.74) is 1.37. The Kier molecular flexibility index (Phi) is 4.11. The highest BCUT2D eigenvalue weighted by Gasteiger charge is 2.18. The van der Waals surface area contributed by atoms with E-state index >= 15 is 0 Å². The summed E-state index contributed by atoms with van der Waals surface area (Å²) in [6, 6.07) is 0. The summed E-state index contributed by atoms with van der Waals surface area (Å²) in [4.78, 5) is 0. The fourth-order valence-electron chi connectivity index (χ4n) is 0.995. The molecule has 0 aromatic heterocycles. The van der Waals surface area contributed by atoms with Crippen molar-refractivity contribution in [2.75, 3.05) is 0 Å². The second kappa shape index (κ2) is 4.07. The minimum atomic E-state index is 0.115. The van der Waals surface area contributed by atoms with Gasteiger partial charge in [-0.05, 0) is 27.2 Å². The van der Waals surface area contributed by atoms with Gasteiger partial charge in [0.05, 0.1) is 0 Å². The van der Waals surface area contributed by atoms with E-state index in [0.717, 1.165) is 6.42 Å². The summed E-state index contributed by atoms with van der Waals surface area (Å²) in [5, 5.41) is 0. The molecule has 0 nitrogen and oxygen atoms in total. The Bertz CT molecular complexity index is 123. The van der Waals surface area contributed by atoms with Crippen molar-refractivity contribution in [2.45, 2.75) is 45.3 Å². The van der Waals surface area contributed by atoms with Crippen LogP contribution in [0.3, 0.4) is 0 Å². The lowest BCUT2D eigenvalue weighted by atomic mass is 9.96. The summed E-state index contributed by atoms with van der Waals surface area (Å²) in [6.07, 6.45) is 4.50. The summed E-state index contributed by atoms with van der Waals surface area (Å²) < 4.78 is 0.115. The highest BCUT2D eigenvalue weighted by Crippen LogP contribution is 2.28. The molecule has 0 aromatic rings. The van der Waals surface area contributed by atoms with Crippen molar-refractivity contribution in [1.82, 2.24) is 0 Å². The van der Waals surface area contributed by atoms with Gasteiger partial charge in [0.1, 0.15) is 0 Å². The van der Waals surface area contributed by atoms with Crippen LogP contribution in [0.5, 0.6) is 0 Å². The van der Waals surface area contributed by atoms with Crippen LogP contribution < -0.4 is 0 Å². The lowest BCUT2D eigenvalue weighted by Gasteiger charge is -2.23.